The van der Waals surface area contributed by atoms with Gasteiger partial charge in [-0.3, -0.25) is 0 Å². The van der Waals surface area contributed by atoms with Crippen molar-refractivity contribution in [1.29, 1.82) is 5.26 Å². The second-order valence-electron chi connectivity index (χ2n) is 3.39. The normalized spacial score (nSPS) is 9.65. The van der Waals surface area contributed by atoms with Gasteiger partial charge in [0.1, 0.15) is 17.6 Å². The van der Waals surface area contributed by atoms with Crippen LogP contribution in [0.25, 0.3) is 0 Å². The summed E-state index contributed by atoms with van der Waals surface area (Å²) in [7, 11) is 0. The molecule has 0 spiro atoms. The number of nitriles is 1. The molecule has 0 aliphatic carbocycles. The Morgan fingerprint density at radius 1 is 1.18 bits per heavy atom. The van der Waals surface area contributed by atoms with Gasteiger partial charge in [-0.25, -0.2) is 0 Å². The molecule has 0 fully saturated rings. The van der Waals surface area contributed by atoms with E-state index < -0.39 is 0 Å². The number of benzene rings is 2. The monoisotopic (exact) mass is 336 g/mol. The van der Waals surface area contributed by atoms with Crippen LogP contribution in [0.4, 0.5) is 5.69 Å². The molecule has 3 nitrogen and oxygen atoms in total. The number of para-hydroxylation sites is 1. The Morgan fingerprint density at radius 2 is 1.94 bits per heavy atom. The SMILES string of the molecule is N#Cc1cc(Oc2ccccc2I)ccc1N. The Kier molecular flexibility index (Phi) is 3.49. The van der Waals surface area contributed by atoms with Crippen LogP contribution in [0.2, 0.25) is 0 Å². The van der Waals surface area contributed by atoms with E-state index in [0.29, 0.717) is 17.0 Å². The van der Waals surface area contributed by atoms with Crippen LogP contribution >= 0.6 is 22.6 Å². The number of nitrogens with two attached hydrogens (primary N) is 1. The van der Waals surface area contributed by atoms with E-state index in [2.05, 4.69) is 22.6 Å². The third-order valence-corrected chi connectivity index (χ3v) is 3.10. The number of nitrogen functional groups attached to an aromatic ring is 1. The van der Waals surface area contributed by atoms with Gasteiger partial charge in [0.15, 0.2) is 0 Å². The van der Waals surface area contributed by atoms with Gasteiger partial charge in [0.25, 0.3) is 0 Å². The lowest BCUT2D eigenvalue weighted by molar-refractivity contribution is 0.479. The molecule has 0 aromatic heterocycles. The molecule has 0 radical (unpaired) electrons. The molecule has 0 aliphatic heterocycles. The molecule has 2 rings (SSSR count). The van der Waals surface area contributed by atoms with Crippen LogP contribution in [0.3, 0.4) is 0 Å². The number of hydrogen-bond acceptors (Lipinski definition) is 3. The number of hydrogen-bond donors (Lipinski definition) is 1. The third-order valence-electron chi connectivity index (χ3n) is 2.21. The molecule has 0 unspecified atom stereocenters. The van der Waals surface area contributed by atoms with Crippen molar-refractivity contribution in [2.45, 2.75) is 0 Å². The fourth-order valence-electron chi connectivity index (χ4n) is 1.35. The summed E-state index contributed by atoms with van der Waals surface area (Å²) in [4.78, 5) is 0. The van der Waals surface area contributed by atoms with Gasteiger partial charge in [-0.15, -0.1) is 0 Å². The Morgan fingerprint density at radius 3 is 2.65 bits per heavy atom. The van der Waals surface area contributed by atoms with E-state index >= 15 is 0 Å². The zero-order valence-electron chi connectivity index (χ0n) is 8.85. The van der Waals surface area contributed by atoms with Crippen LogP contribution in [0.15, 0.2) is 42.5 Å². The number of nitrogens with zero attached hydrogens (tertiary/aromatic N) is 1. The summed E-state index contributed by atoms with van der Waals surface area (Å²) in [5, 5.41) is 8.88. The summed E-state index contributed by atoms with van der Waals surface area (Å²) >= 11 is 2.20. The number of halogens is 1. The van der Waals surface area contributed by atoms with E-state index in [-0.39, 0.29) is 0 Å². The van der Waals surface area contributed by atoms with Crippen LogP contribution in [-0.4, -0.2) is 0 Å². The zero-order chi connectivity index (χ0) is 12.3. The van der Waals surface area contributed by atoms with Gasteiger partial charge < -0.3 is 10.5 Å². The molecule has 2 aromatic rings. The van der Waals surface area contributed by atoms with Gasteiger partial charge in [0, 0.05) is 11.8 Å². The highest BCUT2D eigenvalue weighted by molar-refractivity contribution is 14.1. The first-order valence-corrected chi connectivity index (χ1v) is 6.00. The summed E-state index contributed by atoms with van der Waals surface area (Å²) in [5.41, 5.74) is 6.53. The molecule has 0 saturated heterocycles. The minimum atomic E-state index is 0.424. The molecular weight excluding hydrogens is 327 g/mol. The van der Waals surface area contributed by atoms with Gasteiger partial charge in [-0.2, -0.15) is 5.26 Å². The summed E-state index contributed by atoms with van der Waals surface area (Å²) in [6, 6.07) is 14.8. The number of ether oxygens (including phenoxy) is 1. The Hall–Kier alpha value is -1.74. The second kappa shape index (κ2) is 5.06. The summed E-state index contributed by atoms with van der Waals surface area (Å²) in [6.07, 6.45) is 0. The van der Waals surface area contributed by atoms with Gasteiger partial charge in [-0.1, -0.05) is 12.1 Å². The maximum atomic E-state index is 8.88. The predicted molar refractivity (Wildman–Crippen MR) is 74.8 cm³/mol. The maximum Gasteiger partial charge on any atom is 0.140 e. The molecule has 0 amide bonds. The second-order valence-corrected chi connectivity index (χ2v) is 4.56. The van der Waals surface area contributed by atoms with Crippen molar-refractivity contribution >= 4 is 28.3 Å². The highest BCUT2D eigenvalue weighted by Gasteiger charge is 2.04. The standard InChI is InChI=1S/C13H9IN2O/c14-11-3-1-2-4-13(11)17-10-5-6-12(16)9(7-10)8-15/h1-7H,16H2. The first-order chi connectivity index (χ1) is 8.20. The van der Waals surface area contributed by atoms with E-state index in [1.807, 2.05) is 30.3 Å². The molecule has 0 aliphatic rings. The molecular formula is C13H9IN2O. The van der Waals surface area contributed by atoms with Crippen molar-refractivity contribution in [1.82, 2.24) is 0 Å². The molecule has 84 valence electrons. The van der Waals surface area contributed by atoms with Crippen molar-refractivity contribution in [2.75, 3.05) is 5.73 Å². The first kappa shape index (κ1) is 11.7. The average molecular weight is 336 g/mol. The molecule has 0 atom stereocenters. The smallest absolute Gasteiger partial charge is 0.140 e. The van der Waals surface area contributed by atoms with Crippen LogP contribution in [0.5, 0.6) is 11.5 Å². The quantitative estimate of drug-likeness (QED) is 0.674. The first-order valence-electron chi connectivity index (χ1n) is 4.92. The minimum absolute atomic E-state index is 0.424. The topological polar surface area (TPSA) is 59.0 Å². The zero-order valence-corrected chi connectivity index (χ0v) is 11.0. The summed E-state index contributed by atoms with van der Waals surface area (Å²) in [6.45, 7) is 0. The molecule has 0 heterocycles. The molecule has 17 heavy (non-hydrogen) atoms. The van der Waals surface area contributed by atoms with E-state index in [0.717, 1.165) is 9.32 Å². The molecule has 2 aromatic carbocycles. The maximum absolute atomic E-state index is 8.88. The van der Waals surface area contributed by atoms with Gasteiger partial charge in [-0.05, 0) is 46.9 Å². The minimum Gasteiger partial charge on any atom is -0.456 e. The Labute approximate surface area is 113 Å². The predicted octanol–water partition coefficient (Wildman–Crippen LogP) is 3.54. The Balaban J connectivity index is 2.32. The number of rotatable bonds is 2. The lowest BCUT2D eigenvalue weighted by Gasteiger charge is -2.08. The largest absolute Gasteiger partial charge is 0.456 e. The van der Waals surface area contributed by atoms with Gasteiger partial charge in [0.2, 0.25) is 0 Å². The fourth-order valence-corrected chi connectivity index (χ4v) is 1.85. The summed E-state index contributed by atoms with van der Waals surface area (Å²) < 4.78 is 6.71. The lowest BCUT2D eigenvalue weighted by atomic mass is 10.2. The molecule has 4 heteroatoms. The Bertz CT molecular complexity index is 590. The number of anilines is 1. The molecule has 0 bridgehead atoms. The van der Waals surface area contributed by atoms with Gasteiger partial charge >= 0.3 is 0 Å². The van der Waals surface area contributed by atoms with Gasteiger partial charge in [0.05, 0.1) is 9.13 Å². The van der Waals surface area contributed by atoms with E-state index in [1.54, 1.807) is 18.2 Å². The van der Waals surface area contributed by atoms with Crippen molar-refractivity contribution < 1.29 is 4.74 Å². The van der Waals surface area contributed by atoms with Crippen LogP contribution < -0.4 is 10.5 Å². The average Bonchev–Trinajstić information content (AvgIpc) is 2.34. The van der Waals surface area contributed by atoms with Crippen molar-refractivity contribution in [2.24, 2.45) is 0 Å². The van der Waals surface area contributed by atoms with E-state index in [1.165, 1.54) is 0 Å². The third kappa shape index (κ3) is 2.68. The van der Waals surface area contributed by atoms with Crippen LogP contribution in [-0.2, 0) is 0 Å². The highest BCUT2D eigenvalue weighted by atomic mass is 127. The molecule has 2 N–H and O–H groups in total. The van der Waals surface area contributed by atoms with Crippen molar-refractivity contribution in [3.63, 3.8) is 0 Å². The van der Waals surface area contributed by atoms with Crippen molar-refractivity contribution in [3.05, 3.63) is 51.6 Å². The van der Waals surface area contributed by atoms with E-state index in [9.17, 15) is 0 Å². The summed E-state index contributed by atoms with van der Waals surface area (Å²) in [5.74, 6) is 1.38. The van der Waals surface area contributed by atoms with Crippen LogP contribution in [0.1, 0.15) is 5.56 Å². The van der Waals surface area contributed by atoms with Crippen molar-refractivity contribution in [3.8, 4) is 17.6 Å². The lowest BCUT2D eigenvalue weighted by Crippen LogP contribution is -1.92. The van der Waals surface area contributed by atoms with E-state index in [4.69, 9.17) is 15.7 Å². The highest BCUT2D eigenvalue weighted by Crippen LogP contribution is 2.28. The fraction of sp³-hybridized carbons (Fsp3) is 0. The molecule has 0 saturated carbocycles. The van der Waals surface area contributed by atoms with Crippen LogP contribution in [0, 0.1) is 14.9 Å².